The van der Waals surface area contributed by atoms with Crippen molar-refractivity contribution in [3.63, 3.8) is 0 Å². The molecule has 2 nitrogen and oxygen atoms in total. The van der Waals surface area contributed by atoms with E-state index in [0.717, 1.165) is 29.9 Å². The average Bonchev–Trinajstić information content (AvgIpc) is 3.65. The molecule has 0 unspecified atom stereocenters. The van der Waals surface area contributed by atoms with Crippen molar-refractivity contribution in [1.29, 1.82) is 0 Å². The quantitative estimate of drug-likeness (QED) is 0.158. The highest BCUT2D eigenvalue weighted by atomic mass is 15.1. The van der Waals surface area contributed by atoms with E-state index >= 15 is 0 Å². The van der Waals surface area contributed by atoms with Crippen molar-refractivity contribution in [2.75, 3.05) is 4.90 Å². The minimum Gasteiger partial charge on any atom is -0.311 e. The molecule has 2 heteroatoms. The van der Waals surface area contributed by atoms with Gasteiger partial charge in [-0.15, -0.1) is 0 Å². The number of allylic oxidation sites excluding steroid dienone is 3. The van der Waals surface area contributed by atoms with Gasteiger partial charge in [-0.25, -0.2) is 0 Å². The predicted molar refractivity (Wildman–Crippen MR) is 247 cm³/mol. The monoisotopic (exact) mass is 740 g/mol. The molecule has 0 radical (unpaired) electrons. The number of hydrogen-bond donors (Lipinski definition) is 0. The molecule has 1 heterocycles. The maximum atomic E-state index is 2.41. The van der Waals surface area contributed by atoms with Crippen molar-refractivity contribution in [2.24, 2.45) is 0 Å². The Labute approximate surface area is 338 Å². The van der Waals surface area contributed by atoms with Crippen LogP contribution in [0.4, 0.5) is 11.4 Å². The maximum Gasteiger partial charge on any atom is 0.0547 e. The Kier molecular flexibility index (Phi) is 8.33. The third-order valence-corrected chi connectivity index (χ3v) is 11.9. The fraction of sp³-hybridized carbons (Fsp3) is 0.0357. The predicted octanol–water partition coefficient (Wildman–Crippen LogP) is 15.3. The van der Waals surface area contributed by atoms with E-state index in [2.05, 4.69) is 228 Å². The molecule has 0 bridgehead atoms. The molecule has 1 aliphatic carbocycles. The van der Waals surface area contributed by atoms with Gasteiger partial charge in [0, 0.05) is 33.5 Å². The van der Waals surface area contributed by atoms with Gasteiger partial charge in [0.15, 0.2) is 0 Å². The van der Waals surface area contributed by atoms with E-state index in [0.29, 0.717) is 0 Å². The van der Waals surface area contributed by atoms with Crippen LogP contribution in [0.1, 0.15) is 18.4 Å². The molecule has 0 aliphatic heterocycles. The fourth-order valence-electron chi connectivity index (χ4n) is 9.06. The first-order valence-corrected chi connectivity index (χ1v) is 20.2. The Morgan fingerprint density at radius 2 is 0.983 bits per heavy atom. The van der Waals surface area contributed by atoms with Gasteiger partial charge in [0.05, 0.1) is 11.0 Å². The van der Waals surface area contributed by atoms with Crippen molar-refractivity contribution >= 4 is 60.3 Å². The molecule has 58 heavy (non-hydrogen) atoms. The number of para-hydroxylation sites is 1. The van der Waals surface area contributed by atoms with Crippen LogP contribution in [0.3, 0.4) is 0 Å². The van der Waals surface area contributed by atoms with Crippen LogP contribution >= 0.6 is 0 Å². The van der Waals surface area contributed by atoms with Gasteiger partial charge in [-0.05, 0) is 122 Å². The first kappa shape index (κ1) is 33.9. The summed E-state index contributed by atoms with van der Waals surface area (Å²) in [5, 5.41) is 7.66. The normalized spacial score (nSPS) is 12.9. The standard InChI is InChI=1S/C56H40N2/c1-2-12-39(13-3-1)45-17-10-18-49(38-45)57(47-35-28-44(29-36-47)51-22-11-16-42-14-4-6-19-50(42)51)46-31-24-40(25-32-46)41-26-33-48(34-27-41)58-54-23-9-8-21-53(54)56-52-20-7-5-15-43(52)30-37-55(56)58/h1-9,11-16,18-38H,10,17H2. The van der Waals surface area contributed by atoms with Crippen LogP contribution in [-0.2, 0) is 0 Å². The summed E-state index contributed by atoms with van der Waals surface area (Å²) < 4.78 is 2.41. The summed E-state index contributed by atoms with van der Waals surface area (Å²) in [5.74, 6) is 0. The molecule has 10 aromatic rings. The first-order valence-electron chi connectivity index (χ1n) is 20.2. The molecule has 9 aromatic carbocycles. The minimum atomic E-state index is 0.993. The van der Waals surface area contributed by atoms with Crippen molar-refractivity contribution in [1.82, 2.24) is 4.57 Å². The van der Waals surface area contributed by atoms with Gasteiger partial charge >= 0.3 is 0 Å². The van der Waals surface area contributed by atoms with E-state index in [1.54, 1.807) is 0 Å². The summed E-state index contributed by atoms with van der Waals surface area (Å²) >= 11 is 0. The van der Waals surface area contributed by atoms with Crippen LogP contribution in [0.25, 0.3) is 76.9 Å². The molecule has 0 fully saturated rings. The lowest BCUT2D eigenvalue weighted by molar-refractivity contribution is 1.01. The molecule has 0 amide bonds. The number of nitrogens with zero attached hydrogens (tertiary/aromatic N) is 2. The lowest BCUT2D eigenvalue weighted by Crippen LogP contribution is -2.17. The zero-order valence-corrected chi connectivity index (χ0v) is 32.1. The highest BCUT2D eigenvalue weighted by Gasteiger charge is 2.19. The molecule has 0 spiro atoms. The van der Waals surface area contributed by atoms with Gasteiger partial charge in [0.1, 0.15) is 0 Å². The summed E-state index contributed by atoms with van der Waals surface area (Å²) in [6.07, 6.45) is 6.78. The number of aromatic nitrogens is 1. The molecule has 0 saturated heterocycles. The topological polar surface area (TPSA) is 8.17 Å². The molecule has 0 saturated carbocycles. The van der Waals surface area contributed by atoms with Crippen LogP contribution in [0, 0.1) is 0 Å². The number of benzene rings is 9. The third-order valence-electron chi connectivity index (χ3n) is 11.9. The van der Waals surface area contributed by atoms with E-state index in [1.807, 2.05) is 0 Å². The zero-order valence-electron chi connectivity index (χ0n) is 32.1. The Morgan fingerprint density at radius 1 is 0.397 bits per heavy atom. The van der Waals surface area contributed by atoms with Gasteiger partial charge < -0.3 is 9.47 Å². The highest BCUT2D eigenvalue weighted by molar-refractivity contribution is 6.21. The summed E-state index contributed by atoms with van der Waals surface area (Å²) in [7, 11) is 0. The van der Waals surface area contributed by atoms with Crippen molar-refractivity contribution in [3.05, 3.63) is 230 Å². The second-order valence-corrected chi connectivity index (χ2v) is 15.2. The number of anilines is 2. The number of hydrogen-bond acceptors (Lipinski definition) is 1. The van der Waals surface area contributed by atoms with E-state index in [1.165, 1.54) is 82.4 Å². The van der Waals surface area contributed by atoms with Gasteiger partial charge in [-0.2, -0.15) is 0 Å². The maximum absolute atomic E-state index is 2.41. The van der Waals surface area contributed by atoms with Crippen molar-refractivity contribution < 1.29 is 0 Å². The van der Waals surface area contributed by atoms with Crippen LogP contribution in [0.2, 0.25) is 0 Å². The fourth-order valence-corrected chi connectivity index (χ4v) is 9.06. The Hall–Kier alpha value is -7.42. The minimum absolute atomic E-state index is 0.993. The second-order valence-electron chi connectivity index (χ2n) is 15.2. The van der Waals surface area contributed by atoms with E-state index in [4.69, 9.17) is 0 Å². The lowest BCUT2D eigenvalue weighted by atomic mass is 9.95. The Balaban J connectivity index is 0.953. The summed E-state index contributed by atoms with van der Waals surface area (Å²) in [4.78, 5) is 2.41. The molecule has 1 aromatic heterocycles. The summed E-state index contributed by atoms with van der Waals surface area (Å²) in [6, 6.07) is 75.2. The van der Waals surface area contributed by atoms with Crippen molar-refractivity contribution in [2.45, 2.75) is 12.8 Å². The SMILES string of the molecule is C1=C(c2ccccc2)CCC=C1N(c1ccc(-c2ccc(-n3c4ccccc4c4c5ccccc5ccc43)cc2)cc1)c1ccc(-c2cccc3ccccc23)cc1. The van der Waals surface area contributed by atoms with Gasteiger partial charge in [0.25, 0.3) is 0 Å². The van der Waals surface area contributed by atoms with Crippen LogP contribution in [0.5, 0.6) is 0 Å². The van der Waals surface area contributed by atoms with Crippen LogP contribution in [-0.4, -0.2) is 4.57 Å². The third kappa shape index (κ3) is 5.90. The second kappa shape index (κ2) is 14.3. The highest BCUT2D eigenvalue weighted by Crippen LogP contribution is 2.40. The molecule has 274 valence electrons. The van der Waals surface area contributed by atoms with Gasteiger partial charge in [0.2, 0.25) is 0 Å². The smallest absolute Gasteiger partial charge is 0.0547 e. The van der Waals surface area contributed by atoms with E-state index in [-0.39, 0.29) is 0 Å². The van der Waals surface area contributed by atoms with Crippen LogP contribution in [0.15, 0.2) is 224 Å². The van der Waals surface area contributed by atoms with E-state index in [9.17, 15) is 0 Å². The zero-order chi connectivity index (χ0) is 38.4. The van der Waals surface area contributed by atoms with Crippen LogP contribution < -0.4 is 4.90 Å². The Bertz CT molecular complexity index is 3180. The number of rotatable bonds is 7. The largest absolute Gasteiger partial charge is 0.311 e. The van der Waals surface area contributed by atoms with Gasteiger partial charge in [-0.3, -0.25) is 0 Å². The van der Waals surface area contributed by atoms with Crippen molar-refractivity contribution in [3.8, 4) is 27.9 Å². The summed E-state index contributed by atoms with van der Waals surface area (Å²) in [5.41, 5.74) is 14.6. The molecule has 0 N–H and O–H groups in total. The molecular weight excluding hydrogens is 701 g/mol. The molecule has 1 aliphatic rings. The number of fused-ring (bicyclic) bond motifs is 6. The average molecular weight is 741 g/mol. The Morgan fingerprint density at radius 3 is 1.72 bits per heavy atom. The summed E-state index contributed by atoms with van der Waals surface area (Å²) in [6.45, 7) is 0. The molecular formula is C56H40N2. The van der Waals surface area contributed by atoms with Gasteiger partial charge in [-0.1, -0.05) is 164 Å². The van der Waals surface area contributed by atoms with E-state index < -0.39 is 0 Å². The molecule has 11 rings (SSSR count). The molecule has 0 atom stereocenters. The first-order chi connectivity index (χ1) is 28.8. The lowest BCUT2D eigenvalue weighted by Gasteiger charge is -2.29.